The number of hydrogen-bond donors (Lipinski definition) is 1. The minimum absolute atomic E-state index is 0.212. The monoisotopic (exact) mass is 250 g/mol. The SMILES string of the molecule is Cc1ccc(F)cc1CC1(O)CC(C)CCC1C. The fourth-order valence-corrected chi connectivity index (χ4v) is 3.12. The van der Waals surface area contributed by atoms with E-state index < -0.39 is 5.60 Å². The Morgan fingerprint density at radius 3 is 2.78 bits per heavy atom. The summed E-state index contributed by atoms with van der Waals surface area (Å²) in [6.45, 7) is 6.28. The molecule has 1 aromatic carbocycles. The quantitative estimate of drug-likeness (QED) is 0.845. The maximum Gasteiger partial charge on any atom is 0.123 e. The smallest absolute Gasteiger partial charge is 0.123 e. The van der Waals surface area contributed by atoms with Gasteiger partial charge in [0.25, 0.3) is 0 Å². The Labute approximate surface area is 109 Å². The number of halogens is 1. The van der Waals surface area contributed by atoms with E-state index in [9.17, 15) is 9.50 Å². The molecular weight excluding hydrogens is 227 g/mol. The Hall–Kier alpha value is -0.890. The molecule has 0 heterocycles. The van der Waals surface area contributed by atoms with E-state index in [1.807, 2.05) is 6.92 Å². The maximum absolute atomic E-state index is 13.3. The van der Waals surface area contributed by atoms with E-state index in [1.165, 1.54) is 12.5 Å². The molecule has 1 N–H and O–H groups in total. The molecule has 0 amide bonds. The lowest BCUT2D eigenvalue weighted by Crippen LogP contribution is -2.43. The molecule has 1 aromatic rings. The molecule has 0 saturated heterocycles. The number of benzene rings is 1. The molecule has 100 valence electrons. The van der Waals surface area contributed by atoms with Crippen LogP contribution in [0.2, 0.25) is 0 Å². The second-order valence-corrected chi connectivity index (χ2v) is 6.14. The van der Waals surface area contributed by atoms with Gasteiger partial charge in [-0.3, -0.25) is 0 Å². The van der Waals surface area contributed by atoms with Crippen LogP contribution in [0.25, 0.3) is 0 Å². The third-order valence-electron chi connectivity index (χ3n) is 4.52. The summed E-state index contributed by atoms with van der Waals surface area (Å²) in [6, 6.07) is 4.85. The normalized spacial score (nSPS) is 32.5. The van der Waals surface area contributed by atoms with Crippen molar-refractivity contribution in [2.24, 2.45) is 11.8 Å². The fourth-order valence-electron chi connectivity index (χ4n) is 3.12. The van der Waals surface area contributed by atoms with Crippen molar-refractivity contribution in [1.82, 2.24) is 0 Å². The van der Waals surface area contributed by atoms with Gasteiger partial charge < -0.3 is 5.11 Å². The molecule has 1 aliphatic carbocycles. The zero-order chi connectivity index (χ0) is 13.3. The first-order valence-electron chi connectivity index (χ1n) is 6.88. The molecule has 2 heteroatoms. The summed E-state index contributed by atoms with van der Waals surface area (Å²) in [5, 5.41) is 10.9. The number of aliphatic hydroxyl groups is 1. The summed E-state index contributed by atoms with van der Waals surface area (Å²) in [7, 11) is 0. The Morgan fingerprint density at radius 2 is 2.06 bits per heavy atom. The highest BCUT2D eigenvalue weighted by Gasteiger charge is 2.38. The highest BCUT2D eigenvalue weighted by molar-refractivity contribution is 5.28. The van der Waals surface area contributed by atoms with Gasteiger partial charge in [-0.1, -0.05) is 26.3 Å². The molecule has 2 rings (SSSR count). The molecule has 1 fully saturated rings. The second-order valence-electron chi connectivity index (χ2n) is 6.14. The molecule has 0 aliphatic heterocycles. The van der Waals surface area contributed by atoms with E-state index >= 15 is 0 Å². The zero-order valence-corrected chi connectivity index (χ0v) is 11.5. The highest BCUT2D eigenvalue weighted by Crippen LogP contribution is 2.39. The molecule has 0 radical (unpaired) electrons. The van der Waals surface area contributed by atoms with Crippen molar-refractivity contribution in [3.63, 3.8) is 0 Å². The standard InChI is InChI=1S/C16H23FO/c1-11-4-6-13(3)16(18,9-11)10-14-8-15(17)7-5-12(14)2/h5,7-8,11,13,18H,4,6,9-10H2,1-3H3. The molecule has 1 aliphatic rings. The Kier molecular flexibility index (Phi) is 3.76. The van der Waals surface area contributed by atoms with Crippen LogP contribution in [0.4, 0.5) is 4.39 Å². The van der Waals surface area contributed by atoms with E-state index in [4.69, 9.17) is 0 Å². The minimum atomic E-state index is -0.670. The molecule has 3 atom stereocenters. The first-order chi connectivity index (χ1) is 8.40. The zero-order valence-electron chi connectivity index (χ0n) is 11.5. The second kappa shape index (κ2) is 5.00. The van der Waals surface area contributed by atoms with Crippen LogP contribution < -0.4 is 0 Å². The van der Waals surface area contributed by atoms with Gasteiger partial charge in [-0.15, -0.1) is 0 Å². The van der Waals surface area contributed by atoms with Gasteiger partial charge in [-0.25, -0.2) is 4.39 Å². The first-order valence-corrected chi connectivity index (χ1v) is 6.88. The fraction of sp³-hybridized carbons (Fsp3) is 0.625. The van der Waals surface area contributed by atoms with E-state index in [2.05, 4.69) is 13.8 Å². The lowest BCUT2D eigenvalue weighted by atomic mass is 9.69. The van der Waals surface area contributed by atoms with Crippen molar-refractivity contribution in [1.29, 1.82) is 0 Å². The predicted octanol–water partition coefficient (Wildman–Crippen LogP) is 3.86. The molecule has 3 unspecified atom stereocenters. The predicted molar refractivity (Wildman–Crippen MR) is 72.0 cm³/mol. The largest absolute Gasteiger partial charge is 0.389 e. The van der Waals surface area contributed by atoms with E-state index in [0.29, 0.717) is 12.3 Å². The summed E-state index contributed by atoms with van der Waals surface area (Å²) < 4.78 is 13.3. The van der Waals surface area contributed by atoms with Crippen molar-refractivity contribution < 1.29 is 9.50 Å². The van der Waals surface area contributed by atoms with Gasteiger partial charge >= 0.3 is 0 Å². The third-order valence-corrected chi connectivity index (χ3v) is 4.52. The van der Waals surface area contributed by atoms with Crippen molar-refractivity contribution in [3.05, 3.63) is 35.1 Å². The Bertz CT molecular complexity index is 429. The number of aryl methyl sites for hydroxylation is 1. The summed E-state index contributed by atoms with van der Waals surface area (Å²) >= 11 is 0. The van der Waals surface area contributed by atoms with Crippen LogP contribution >= 0.6 is 0 Å². The topological polar surface area (TPSA) is 20.2 Å². The van der Waals surface area contributed by atoms with Gasteiger partial charge in [0.05, 0.1) is 5.60 Å². The molecule has 18 heavy (non-hydrogen) atoms. The molecule has 0 aromatic heterocycles. The molecular formula is C16H23FO. The number of rotatable bonds is 2. The Balaban J connectivity index is 2.23. The van der Waals surface area contributed by atoms with Crippen LogP contribution in [-0.2, 0) is 6.42 Å². The van der Waals surface area contributed by atoms with Crippen LogP contribution in [0, 0.1) is 24.6 Å². The summed E-state index contributed by atoms with van der Waals surface area (Å²) in [5.74, 6) is 0.632. The maximum atomic E-state index is 13.3. The van der Waals surface area contributed by atoms with Crippen LogP contribution in [0.3, 0.4) is 0 Å². The van der Waals surface area contributed by atoms with E-state index in [0.717, 1.165) is 24.0 Å². The first kappa shape index (κ1) is 13.5. The summed E-state index contributed by atoms with van der Waals surface area (Å²) in [6.07, 6.45) is 3.64. The molecule has 1 saturated carbocycles. The van der Waals surface area contributed by atoms with Crippen LogP contribution in [0.1, 0.15) is 44.2 Å². The van der Waals surface area contributed by atoms with Crippen LogP contribution in [0.15, 0.2) is 18.2 Å². The minimum Gasteiger partial charge on any atom is -0.389 e. The van der Waals surface area contributed by atoms with E-state index in [1.54, 1.807) is 12.1 Å². The lowest BCUT2D eigenvalue weighted by molar-refractivity contribution is -0.0561. The van der Waals surface area contributed by atoms with Crippen LogP contribution in [0.5, 0.6) is 0 Å². The highest BCUT2D eigenvalue weighted by atomic mass is 19.1. The van der Waals surface area contributed by atoms with Crippen molar-refractivity contribution in [3.8, 4) is 0 Å². The lowest BCUT2D eigenvalue weighted by Gasteiger charge is -2.41. The van der Waals surface area contributed by atoms with Crippen molar-refractivity contribution in [2.45, 2.75) is 52.1 Å². The summed E-state index contributed by atoms with van der Waals surface area (Å²) in [5.41, 5.74) is 1.34. The van der Waals surface area contributed by atoms with Crippen LogP contribution in [-0.4, -0.2) is 10.7 Å². The van der Waals surface area contributed by atoms with Gasteiger partial charge in [-0.05, 0) is 54.9 Å². The van der Waals surface area contributed by atoms with Gasteiger partial charge in [-0.2, -0.15) is 0 Å². The Morgan fingerprint density at radius 1 is 1.33 bits per heavy atom. The molecule has 0 bridgehead atoms. The van der Waals surface area contributed by atoms with E-state index in [-0.39, 0.29) is 11.7 Å². The number of hydrogen-bond acceptors (Lipinski definition) is 1. The van der Waals surface area contributed by atoms with Crippen molar-refractivity contribution >= 4 is 0 Å². The van der Waals surface area contributed by atoms with Gasteiger partial charge in [0.2, 0.25) is 0 Å². The van der Waals surface area contributed by atoms with Gasteiger partial charge in [0.15, 0.2) is 0 Å². The third kappa shape index (κ3) is 2.74. The van der Waals surface area contributed by atoms with Gasteiger partial charge in [0.1, 0.15) is 5.82 Å². The van der Waals surface area contributed by atoms with Crippen molar-refractivity contribution in [2.75, 3.05) is 0 Å². The average molecular weight is 250 g/mol. The molecule has 0 spiro atoms. The molecule has 1 nitrogen and oxygen atoms in total. The average Bonchev–Trinajstić information content (AvgIpc) is 2.29. The van der Waals surface area contributed by atoms with Gasteiger partial charge in [0, 0.05) is 6.42 Å². The summed E-state index contributed by atoms with van der Waals surface area (Å²) in [4.78, 5) is 0.